The third-order valence-corrected chi connectivity index (χ3v) is 4.51. The zero-order chi connectivity index (χ0) is 17.6. The minimum absolute atomic E-state index is 0.0882. The number of nitrogens with zero attached hydrogens (tertiary/aromatic N) is 3. The predicted molar refractivity (Wildman–Crippen MR) is 98.7 cm³/mol. The summed E-state index contributed by atoms with van der Waals surface area (Å²) < 4.78 is 7.89. The molecule has 0 bridgehead atoms. The quantitative estimate of drug-likeness (QED) is 0.877. The van der Waals surface area contributed by atoms with Gasteiger partial charge in [0.2, 0.25) is 5.91 Å². The van der Waals surface area contributed by atoms with Gasteiger partial charge in [-0.1, -0.05) is 6.42 Å². The van der Waals surface area contributed by atoms with E-state index in [-0.39, 0.29) is 5.91 Å². The number of amides is 1. The van der Waals surface area contributed by atoms with Crippen LogP contribution in [0.15, 0.2) is 30.5 Å². The third-order valence-electron chi connectivity index (χ3n) is 4.51. The average molecular weight is 342 g/mol. The van der Waals surface area contributed by atoms with E-state index in [4.69, 9.17) is 4.74 Å². The van der Waals surface area contributed by atoms with Crippen LogP contribution in [-0.4, -0.2) is 46.8 Å². The highest BCUT2D eigenvalue weighted by Gasteiger charge is 2.13. The molecule has 1 N–H and O–H groups in total. The number of anilines is 1. The summed E-state index contributed by atoms with van der Waals surface area (Å²) in [6.45, 7) is 5.44. The van der Waals surface area contributed by atoms with Gasteiger partial charge in [0, 0.05) is 38.0 Å². The van der Waals surface area contributed by atoms with Crippen LogP contribution in [0.25, 0.3) is 11.3 Å². The van der Waals surface area contributed by atoms with Crippen molar-refractivity contribution in [2.75, 3.05) is 31.6 Å². The smallest absolute Gasteiger partial charge is 0.221 e. The summed E-state index contributed by atoms with van der Waals surface area (Å²) in [5.74, 6) is 0.726. The molecule has 2 heterocycles. The zero-order valence-corrected chi connectivity index (χ0v) is 15.0. The van der Waals surface area contributed by atoms with E-state index in [1.807, 2.05) is 36.0 Å². The summed E-state index contributed by atoms with van der Waals surface area (Å²) >= 11 is 0. The number of aromatic nitrogens is 2. The molecule has 25 heavy (non-hydrogen) atoms. The summed E-state index contributed by atoms with van der Waals surface area (Å²) in [6, 6.07) is 7.68. The summed E-state index contributed by atoms with van der Waals surface area (Å²) in [5, 5.41) is 7.07. The summed E-state index contributed by atoms with van der Waals surface area (Å²) in [4.78, 5) is 13.8. The van der Waals surface area contributed by atoms with Crippen molar-refractivity contribution in [1.82, 2.24) is 14.7 Å². The van der Waals surface area contributed by atoms with Gasteiger partial charge in [-0.25, -0.2) is 0 Å². The minimum atomic E-state index is -0.0882. The lowest BCUT2D eigenvalue weighted by Gasteiger charge is -2.26. The van der Waals surface area contributed by atoms with Gasteiger partial charge >= 0.3 is 0 Å². The molecule has 1 aliphatic heterocycles. The summed E-state index contributed by atoms with van der Waals surface area (Å²) in [5.41, 5.74) is 2.65. The van der Waals surface area contributed by atoms with E-state index < -0.39 is 0 Å². The van der Waals surface area contributed by atoms with Crippen molar-refractivity contribution < 1.29 is 9.53 Å². The van der Waals surface area contributed by atoms with E-state index in [9.17, 15) is 4.79 Å². The van der Waals surface area contributed by atoms with Gasteiger partial charge in [0.05, 0.1) is 5.69 Å². The molecule has 1 amide bonds. The largest absolute Gasteiger partial charge is 0.492 e. The first-order valence-corrected chi connectivity index (χ1v) is 8.88. The fourth-order valence-electron chi connectivity index (χ4n) is 3.24. The summed E-state index contributed by atoms with van der Waals surface area (Å²) in [7, 11) is 1.90. The topological polar surface area (TPSA) is 59.4 Å². The van der Waals surface area contributed by atoms with E-state index >= 15 is 0 Å². The van der Waals surface area contributed by atoms with Crippen LogP contribution < -0.4 is 10.1 Å². The maximum atomic E-state index is 11.3. The SMILES string of the molecule is CC(=O)Nc1ccc(OCCN2CCCCC2)c(-c2ccnn2C)c1. The van der Waals surface area contributed by atoms with E-state index in [2.05, 4.69) is 15.3 Å². The molecular weight excluding hydrogens is 316 g/mol. The van der Waals surface area contributed by atoms with Crippen LogP contribution in [-0.2, 0) is 11.8 Å². The number of carbonyl (C=O) groups excluding carboxylic acids is 1. The number of benzene rings is 1. The molecule has 1 aromatic carbocycles. The molecule has 0 unspecified atom stereocenters. The number of hydrogen-bond acceptors (Lipinski definition) is 4. The van der Waals surface area contributed by atoms with E-state index in [1.165, 1.54) is 39.3 Å². The Kier molecular flexibility index (Phi) is 5.71. The number of piperidine rings is 1. The van der Waals surface area contributed by atoms with Crippen molar-refractivity contribution in [2.24, 2.45) is 7.05 Å². The van der Waals surface area contributed by atoms with Gasteiger partial charge in [0.1, 0.15) is 12.4 Å². The summed E-state index contributed by atoms with van der Waals surface area (Å²) in [6.07, 6.45) is 5.67. The molecule has 1 saturated heterocycles. The lowest BCUT2D eigenvalue weighted by atomic mass is 10.1. The van der Waals surface area contributed by atoms with E-state index in [0.29, 0.717) is 6.61 Å². The Morgan fingerprint density at radius 2 is 2.04 bits per heavy atom. The van der Waals surface area contributed by atoms with Crippen LogP contribution in [0.5, 0.6) is 5.75 Å². The average Bonchev–Trinajstić information content (AvgIpc) is 3.02. The molecule has 3 rings (SSSR count). The van der Waals surface area contributed by atoms with Crippen LogP contribution in [0.1, 0.15) is 26.2 Å². The molecule has 0 aliphatic carbocycles. The Labute approximate surface area is 148 Å². The fraction of sp³-hybridized carbons (Fsp3) is 0.474. The zero-order valence-electron chi connectivity index (χ0n) is 15.0. The van der Waals surface area contributed by atoms with Crippen molar-refractivity contribution >= 4 is 11.6 Å². The molecule has 0 radical (unpaired) electrons. The van der Waals surface area contributed by atoms with Gasteiger partial charge in [-0.15, -0.1) is 0 Å². The highest BCUT2D eigenvalue weighted by atomic mass is 16.5. The van der Waals surface area contributed by atoms with Gasteiger partial charge in [-0.05, 0) is 50.2 Å². The van der Waals surface area contributed by atoms with E-state index in [1.54, 1.807) is 6.20 Å². The molecule has 2 aromatic rings. The van der Waals surface area contributed by atoms with Gasteiger partial charge in [0.15, 0.2) is 0 Å². The van der Waals surface area contributed by atoms with Crippen molar-refractivity contribution in [3.05, 3.63) is 30.5 Å². The highest BCUT2D eigenvalue weighted by Crippen LogP contribution is 2.32. The number of aryl methyl sites for hydroxylation is 1. The Bertz CT molecular complexity index is 720. The van der Waals surface area contributed by atoms with Gasteiger partial charge in [-0.2, -0.15) is 5.10 Å². The fourth-order valence-corrected chi connectivity index (χ4v) is 3.24. The number of carbonyl (C=O) groups is 1. The molecule has 1 aliphatic rings. The van der Waals surface area contributed by atoms with Crippen LogP contribution in [0.4, 0.5) is 5.69 Å². The number of rotatable bonds is 6. The molecule has 0 spiro atoms. The van der Waals surface area contributed by atoms with Gasteiger partial charge in [0.25, 0.3) is 0 Å². The predicted octanol–water partition coefficient (Wildman–Crippen LogP) is 2.91. The van der Waals surface area contributed by atoms with Crippen molar-refractivity contribution in [3.63, 3.8) is 0 Å². The lowest BCUT2D eigenvalue weighted by molar-refractivity contribution is -0.114. The Balaban J connectivity index is 1.75. The second kappa shape index (κ2) is 8.16. The third kappa shape index (κ3) is 4.60. The van der Waals surface area contributed by atoms with Crippen LogP contribution in [0.3, 0.4) is 0 Å². The van der Waals surface area contributed by atoms with Crippen molar-refractivity contribution in [3.8, 4) is 17.0 Å². The van der Waals surface area contributed by atoms with Crippen molar-refractivity contribution in [2.45, 2.75) is 26.2 Å². The second-order valence-corrected chi connectivity index (χ2v) is 6.48. The van der Waals surface area contributed by atoms with Crippen LogP contribution in [0, 0.1) is 0 Å². The standard InChI is InChI=1S/C19H26N4O2/c1-15(24)21-16-6-7-19(17(14-16)18-8-9-20-22(18)2)25-13-12-23-10-4-3-5-11-23/h6-9,14H,3-5,10-13H2,1-2H3,(H,21,24). The van der Waals surface area contributed by atoms with Crippen LogP contribution >= 0.6 is 0 Å². The maximum absolute atomic E-state index is 11.3. The lowest BCUT2D eigenvalue weighted by Crippen LogP contribution is -2.33. The molecule has 6 heteroatoms. The first-order valence-electron chi connectivity index (χ1n) is 8.88. The minimum Gasteiger partial charge on any atom is -0.492 e. The maximum Gasteiger partial charge on any atom is 0.221 e. The molecule has 1 aromatic heterocycles. The number of ether oxygens (including phenoxy) is 1. The number of hydrogen-bond donors (Lipinski definition) is 1. The Morgan fingerprint density at radius 3 is 2.72 bits per heavy atom. The van der Waals surface area contributed by atoms with Crippen molar-refractivity contribution in [1.29, 1.82) is 0 Å². The second-order valence-electron chi connectivity index (χ2n) is 6.48. The molecular formula is C19H26N4O2. The monoisotopic (exact) mass is 342 g/mol. The molecule has 1 fully saturated rings. The number of likely N-dealkylation sites (tertiary alicyclic amines) is 1. The molecule has 134 valence electrons. The Hall–Kier alpha value is -2.34. The van der Waals surface area contributed by atoms with Crippen LogP contribution in [0.2, 0.25) is 0 Å². The molecule has 6 nitrogen and oxygen atoms in total. The van der Waals surface area contributed by atoms with Gasteiger partial charge < -0.3 is 10.1 Å². The first-order chi connectivity index (χ1) is 12.1. The Morgan fingerprint density at radius 1 is 1.24 bits per heavy atom. The normalized spacial score (nSPS) is 15.1. The molecule has 0 saturated carbocycles. The van der Waals surface area contributed by atoms with Gasteiger partial charge in [-0.3, -0.25) is 14.4 Å². The highest BCUT2D eigenvalue weighted by molar-refractivity contribution is 5.90. The number of nitrogens with one attached hydrogen (secondary N) is 1. The van der Waals surface area contributed by atoms with E-state index in [0.717, 1.165) is 29.2 Å². The first kappa shape index (κ1) is 17.5. The molecule has 0 atom stereocenters.